The highest BCUT2D eigenvalue weighted by molar-refractivity contribution is 9.10. The van der Waals surface area contributed by atoms with Gasteiger partial charge >= 0.3 is 0 Å². The van der Waals surface area contributed by atoms with Crippen molar-refractivity contribution in [2.24, 2.45) is 5.92 Å². The van der Waals surface area contributed by atoms with Crippen molar-refractivity contribution in [3.63, 3.8) is 0 Å². The van der Waals surface area contributed by atoms with Crippen molar-refractivity contribution in [3.05, 3.63) is 9.98 Å². The van der Waals surface area contributed by atoms with E-state index in [0.29, 0.717) is 0 Å². The molecule has 0 aromatic carbocycles. The molecule has 3 rings (SSSR count). The minimum absolute atomic E-state index is 0.778. The third-order valence-corrected chi connectivity index (χ3v) is 5.54. The summed E-state index contributed by atoms with van der Waals surface area (Å²) in [6, 6.07) is 0.778. The van der Waals surface area contributed by atoms with Gasteiger partial charge in [0, 0.05) is 18.0 Å². The molecule has 0 bridgehead atoms. The lowest BCUT2D eigenvalue weighted by molar-refractivity contribution is 0.243. The summed E-state index contributed by atoms with van der Waals surface area (Å²) in [6.07, 6.45) is 8.45. The first-order chi connectivity index (χ1) is 7.84. The van der Waals surface area contributed by atoms with Crippen molar-refractivity contribution < 1.29 is 0 Å². The molecule has 2 aliphatic rings. The molecule has 2 atom stereocenters. The van der Waals surface area contributed by atoms with Gasteiger partial charge in [-0.15, -0.1) is 11.3 Å². The number of anilines is 1. The third-order valence-electron chi connectivity index (χ3n) is 3.95. The van der Waals surface area contributed by atoms with Gasteiger partial charge in [0.05, 0.1) is 0 Å². The maximum absolute atomic E-state index is 4.59. The summed E-state index contributed by atoms with van der Waals surface area (Å²) in [5, 5.41) is 3.32. The van der Waals surface area contributed by atoms with Crippen LogP contribution in [0.4, 0.5) is 5.13 Å². The summed E-state index contributed by atoms with van der Waals surface area (Å²) in [7, 11) is 0. The molecular formula is C12H17BrN2S. The third kappa shape index (κ3) is 2.02. The molecule has 1 aliphatic carbocycles. The Hall–Kier alpha value is -0.0900. The molecule has 88 valence electrons. The van der Waals surface area contributed by atoms with E-state index in [4.69, 9.17) is 0 Å². The van der Waals surface area contributed by atoms with Crippen LogP contribution in [0.3, 0.4) is 0 Å². The van der Waals surface area contributed by atoms with E-state index in [1.165, 1.54) is 50.2 Å². The number of thiazole rings is 1. The van der Waals surface area contributed by atoms with Gasteiger partial charge in [0.2, 0.25) is 0 Å². The van der Waals surface area contributed by atoms with Crippen LogP contribution in [0, 0.1) is 5.92 Å². The molecule has 2 fully saturated rings. The first-order valence-electron chi connectivity index (χ1n) is 6.22. The van der Waals surface area contributed by atoms with Crippen LogP contribution in [-0.2, 0) is 0 Å². The van der Waals surface area contributed by atoms with Crippen LogP contribution in [0.1, 0.15) is 38.5 Å². The van der Waals surface area contributed by atoms with Crippen LogP contribution in [0.5, 0.6) is 0 Å². The average molecular weight is 301 g/mol. The fourth-order valence-corrected chi connectivity index (χ4v) is 4.57. The number of fused-ring (bicyclic) bond motifs is 1. The minimum Gasteiger partial charge on any atom is -0.345 e. The highest BCUT2D eigenvalue weighted by Gasteiger charge is 2.34. The van der Waals surface area contributed by atoms with E-state index in [1.54, 1.807) is 11.3 Å². The average Bonchev–Trinajstić information content (AvgIpc) is 2.75. The number of hydrogen-bond donors (Lipinski definition) is 0. The Bertz CT molecular complexity index is 364. The topological polar surface area (TPSA) is 16.1 Å². The summed E-state index contributed by atoms with van der Waals surface area (Å²) in [5.74, 6) is 0.935. The molecule has 1 aliphatic heterocycles. The van der Waals surface area contributed by atoms with E-state index < -0.39 is 0 Å². The lowest BCUT2D eigenvalue weighted by atomic mass is 9.78. The molecule has 1 aromatic heterocycles. The maximum Gasteiger partial charge on any atom is 0.186 e. The monoisotopic (exact) mass is 300 g/mol. The van der Waals surface area contributed by atoms with Gasteiger partial charge in [-0.25, -0.2) is 4.98 Å². The van der Waals surface area contributed by atoms with Gasteiger partial charge in [0.15, 0.2) is 5.13 Å². The van der Waals surface area contributed by atoms with Gasteiger partial charge in [-0.2, -0.15) is 0 Å². The van der Waals surface area contributed by atoms with E-state index in [1.807, 2.05) is 0 Å². The Balaban J connectivity index is 1.82. The minimum atomic E-state index is 0.778. The van der Waals surface area contributed by atoms with E-state index in [-0.39, 0.29) is 0 Å². The molecule has 0 radical (unpaired) electrons. The predicted molar refractivity (Wildman–Crippen MR) is 72.1 cm³/mol. The van der Waals surface area contributed by atoms with Crippen LogP contribution in [0.2, 0.25) is 0 Å². The van der Waals surface area contributed by atoms with Crippen LogP contribution < -0.4 is 4.90 Å². The van der Waals surface area contributed by atoms with Crippen molar-refractivity contribution in [3.8, 4) is 0 Å². The van der Waals surface area contributed by atoms with E-state index in [9.17, 15) is 0 Å². The van der Waals surface area contributed by atoms with Crippen molar-refractivity contribution in [2.75, 3.05) is 11.4 Å². The Morgan fingerprint density at radius 1 is 1.25 bits per heavy atom. The molecule has 0 spiro atoms. The van der Waals surface area contributed by atoms with E-state index in [2.05, 4.69) is 31.2 Å². The zero-order valence-corrected chi connectivity index (χ0v) is 11.8. The molecule has 2 heterocycles. The zero-order valence-electron chi connectivity index (χ0n) is 9.36. The van der Waals surface area contributed by atoms with Crippen molar-refractivity contribution in [1.82, 2.24) is 4.98 Å². The van der Waals surface area contributed by atoms with Gasteiger partial charge in [0.25, 0.3) is 0 Å². The molecule has 1 aromatic rings. The first kappa shape index (κ1) is 11.0. The summed E-state index contributed by atoms with van der Waals surface area (Å²) >= 11 is 5.24. The first-order valence-corrected chi connectivity index (χ1v) is 7.89. The van der Waals surface area contributed by atoms with Gasteiger partial charge in [-0.1, -0.05) is 12.8 Å². The fourth-order valence-electron chi connectivity index (χ4n) is 3.24. The van der Waals surface area contributed by atoms with Gasteiger partial charge in [-0.05, 0) is 47.5 Å². The Kier molecular flexibility index (Phi) is 3.20. The van der Waals surface area contributed by atoms with Crippen molar-refractivity contribution >= 4 is 32.4 Å². The molecule has 0 N–H and O–H groups in total. The number of piperidine rings is 1. The second kappa shape index (κ2) is 4.65. The van der Waals surface area contributed by atoms with Gasteiger partial charge in [-0.3, -0.25) is 0 Å². The van der Waals surface area contributed by atoms with Crippen molar-refractivity contribution in [2.45, 2.75) is 44.6 Å². The van der Waals surface area contributed by atoms with Crippen LogP contribution in [0.25, 0.3) is 0 Å². The normalized spacial score (nSPS) is 30.2. The summed E-state index contributed by atoms with van der Waals surface area (Å²) in [4.78, 5) is 7.16. The molecule has 1 saturated carbocycles. The fraction of sp³-hybridized carbons (Fsp3) is 0.750. The van der Waals surface area contributed by atoms with Crippen molar-refractivity contribution in [1.29, 1.82) is 0 Å². The lowest BCUT2D eigenvalue weighted by Gasteiger charge is -2.44. The Labute approximate surface area is 109 Å². The Morgan fingerprint density at radius 3 is 2.88 bits per heavy atom. The van der Waals surface area contributed by atoms with E-state index >= 15 is 0 Å². The zero-order chi connectivity index (χ0) is 11.0. The highest BCUT2D eigenvalue weighted by Crippen LogP contribution is 2.38. The second-order valence-corrected chi connectivity index (χ2v) is 6.55. The van der Waals surface area contributed by atoms with Gasteiger partial charge < -0.3 is 4.90 Å². The number of halogens is 1. The smallest absolute Gasteiger partial charge is 0.186 e. The molecule has 4 heteroatoms. The SMILES string of the molecule is Brc1csc(N2CCCC3CCCCC32)n1. The molecule has 2 nitrogen and oxygen atoms in total. The summed E-state index contributed by atoms with van der Waals surface area (Å²) < 4.78 is 0.991. The predicted octanol–water partition coefficient (Wildman–Crippen LogP) is 4.06. The number of aromatic nitrogens is 1. The van der Waals surface area contributed by atoms with Crippen LogP contribution >= 0.6 is 27.3 Å². The lowest BCUT2D eigenvalue weighted by Crippen LogP contribution is -2.46. The molecule has 16 heavy (non-hydrogen) atoms. The maximum atomic E-state index is 4.59. The summed E-state index contributed by atoms with van der Waals surface area (Å²) in [6.45, 7) is 1.21. The quantitative estimate of drug-likeness (QED) is 0.777. The van der Waals surface area contributed by atoms with Crippen LogP contribution in [-0.4, -0.2) is 17.6 Å². The summed E-state index contributed by atoms with van der Waals surface area (Å²) in [5.41, 5.74) is 0. The Morgan fingerprint density at radius 2 is 2.06 bits per heavy atom. The highest BCUT2D eigenvalue weighted by atomic mass is 79.9. The largest absolute Gasteiger partial charge is 0.345 e. The standard InChI is InChI=1S/C12H17BrN2S/c13-11-8-16-12(14-11)15-7-3-5-9-4-1-2-6-10(9)15/h8-10H,1-7H2. The molecular weight excluding hydrogens is 284 g/mol. The number of hydrogen-bond acceptors (Lipinski definition) is 3. The number of rotatable bonds is 1. The van der Waals surface area contributed by atoms with E-state index in [0.717, 1.165) is 16.6 Å². The van der Waals surface area contributed by atoms with Gasteiger partial charge in [0.1, 0.15) is 4.60 Å². The molecule has 2 unspecified atom stereocenters. The molecule has 0 amide bonds. The molecule has 1 saturated heterocycles. The van der Waals surface area contributed by atoms with Crippen LogP contribution in [0.15, 0.2) is 9.98 Å². The number of nitrogens with zero attached hydrogens (tertiary/aromatic N) is 2. The second-order valence-electron chi connectivity index (χ2n) is 4.90.